The van der Waals surface area contributed by atoms with Crippen LogP contribution >= 0.6 is 0 Å². The Morgan fingerprint density at radius 2 is 1.59 bits per heavy atom. The number of carbonyl (C=O) groups is 1. The van der Waals surface area contributed by atoms with Gasteiger partial charge >= 0.3 is 0 Å². The molecule has 0 unspecified atom stereocenters. The van der Waals surface area contributed by atoms with Crippen molar-refractivity contribution in [3.63, 3.8) is 0 Å². The van der Waals surface area contributed by atoms with Crippen LogP contribution in [0.4, 0.5) is 0 Å². The van der Waals surface area contributed by atoms with E-state index in [0.717, 1.165) is 6.42 Å². The molecule has 0 heterocycles. The molecule has 0 bridgehead atoms. The molecule has 2 aromatic carbocycles. The summed E-state index contributed by atoms with van der Waals surface area (Å²) in [6.45, 7) is 7.25. The molecule has 0 aliphatic heterocycles. The molecule has 29 heavy (non-hydrogen) atoms. The normalized spacial score (nSPS) is 13.7. The summed E-state index contributed by atoms with van der Waals surface area (Å²) in [6, 6.07) is 15.9. The van der Waals surface area contributed by atoms with Gasteiger partial charge in [0.15, 0.2) is 6.10 Å². The standard InChI is InChI=1S/C22H30N2O4S/c1-16(2)23-22(25)18(4)28-20-12-14-21(15-13-20)29(26,27)24-17(3)10-11-19-8-6-5-7-9-19/h5-9,12-18,24H,10-11H2,1-4H3,(H,23,25)/t17-,18+/m1/s1. The molecule has 2 atom stereocenters. The zero-order valence-electron chi connectivity index (χ0n) is 17.4. The minimum Gasteiger partial charge on any atom is -0.481 e. The average Bonchev–Trinajstić information content (AvgIpc) is 2.66. The van der Waals surface area contributed by atoms with E-state index in [0.29, 0.717) is 12.2 Å². The second kappa shape index (κ2) is 10.4. The van der Waals surface area contributed by atoms with Gasteiger partial charge in [-0.2, -0.15) is 0 Å². The molecule has 0 spiro atoms. The molecule has 0 aliphatic rings. The van der Waals surface area contributed by atoms with Crippen LogP contribution in [0.2, 0.25) is 0 Å². The molecule has 0 radical (unpaired) electrons. The Kier molecular flexibility index (Phi) is 8.22. The van der Waals surface area contributed by atoms with Gasteiger partial charge < -0.3 is 10.1 Å². The fourth-order valence-electron chi connectivity index (χ4n) is 2.78. The SMILES string of the molecule is CC(C)NC(=O)[C@H](C)Oc1ccc(S(=O)(=O)N[C@H](C)CCc2ccccc2)cc1. The highest BCUT2D eigenvalue weighted by molar-refractivity contribution is 7.89. The van der Waals surface area contributed by atoms with Gasteiger partial charge in [-0.15, -0.1) is 0 Å². The number of hydrogen-bond acceptors (Lipinski definition) is 4. The zero-order valence-corrected chi connectivity index (χ0v) is 18.2. The Labute approximate surface area is 173 Å². The van der Waals surface area contributed by atoms with Crippen molar-refractivity contribution in [1.29, 1.82) is 0 Å². The van der Waals surface area contributed by atoms with Gasteiger partial charge in [-0.1, -0.05) is 30.3 Å². The molecule has 0 saturated carbocycles. The number of hydrogen-bond donors (Lipinski definition) is 2. The van der Waals surface area contributed by atoms with Crippen LogP contribution in [0.15, 0.2) is 59.5 Å². The van der Waals surface area contributed by atoms with Gasteiger partial charge in [-0.25, -0.2) is 13.1 Å². The highest BCUT2D eigenvalue weighted by atomic mass is 32.2. The number of sulfonamides is 1. The maximum Gasteiger partial charge on any atom is 0.260 e. The monoisotopic (exact) mass is 418 g/mol. The van der Waals surface area contributed by atoms with Gasteiger partial charge in [0, 0.05) is 12.1 Å². The Morgan fingerprint density at radius 3 is 2.17 bits per heavy atom. The van der Waals surface area contributed by atoms with E-state index in [2.05, 4.69) is 10.0 Å². The van der Waals surface area contributed by atoms with Gasteiger partial charge in [0.2, 0.25) is 10.0 Å². The summed E-state index contributed by atoms with van der Waals surface area (Å²) in [5, 5.41) is 2.77. The number of amides is 1. The summed E-state index contributed by atoms with van der Waals surface area (Å²) < 4.78 is 33.5. The fraction of sp³-hybridized carbons (Fsp3) is 0.409. The van der Waals surface area contributed by atoms with E-state index in [1.54, 1.807) is 19.1 Å². The first-order valence-corrected chi connectivity index (χ1v) is 11.3. The lowest BCUT2D eigenvalue weighted by Gasteiger charge is -2.17. The lowest BCUT2D eigenvalue weighted by atomic mass is 10.1. The second-order valence-corrected chi connectivity index (χ2v) is 9.16. The smallest absolute Gasteiger partial charge is 0.260 e. The van der Waals surface area contributed by atoms with E-state index in [-0.39, 0.29) is 22.9 Å². The molecule has 0 saturated heterocycles. The van der Waals surface area contributed by atoms with E-state index in [9.17, 15) is 13.2 Å². The van der Waals surface area contributed by atoms with Gasteiger partial charge in [0.05, 0.1) is 4.90 Å². The maximum atomic E-state index is 12.6. The highest BCUT2D eigenvalue weighted by Gasteiger charge is 2.19. The van der Waals surface area contributed by atoms with Crippen LogP contribution in [-0.4, -0.2) is 32.5 Å². The molecule has 0 aromatic heterocycles. The van der Waals surface area contributed by atoms with E-state index >= 15 is 0 Å². The number of rotatable bonds is 10. The Balaban J connectivity index is 1.92. The molecule has 2 N–H and O–H groups in total. The molecule has 0 aliphatic carbocycles. The molecule has 1 amide bonds. The minimum atomic E-state index is -3.63. The van der Waals surface area contributed by atoms with Crippen LogP contribution in [0.1, 0.15) is 39.7 Å². The molecule has 2 aromatic rings. The van der Waals surface area contributed by atoms with Gasteiger partial charge in [-0.05, 0) is 70.4 Å². The first kappa shape index (κ1) is 22.9. The maximum absolute atomic E-state index is 12.6. The van der Waals surface area contributed by atoms with Crippen LogP contribution in [0.3, 0.4) is 0 Å². The first-order chi connectivity index (χ1) is 13.7. The summed E-state index contributed by atoms with van der Waals surface area (Å²) in [4.78, 5) is 12.1. The Bertz CT molecular complexity index is 881. The second-order valence-electron chi connectivity index (χ2n) is 7.44. The summed E-state index contributed by atoms with van der Waals surface area (Å²) in [7, 11) is -3.63. The number of carbonyl (C=O) groups excluding carboxylic acids is 1. The third kappa shape index (κ3) is 7.51. The predicted molar refractivity (Wildman–Crippen MR) is 114 cm³/mol. The van der Waals surface area contributed by atoms with Crippen LogP contribution in [-0.2, 0) is 21.2 Å². The van der Waals surface area contributed by atoms with Crippen molar-refractivity contribution < 1.29 is 17.9 Å². The minimum absolute atomic E-state index is 0.0241. The lowest BCUT2D eigenvalue weighted by molar-refractivity contribution is -0.127. The fourth-order valence-corrected chi connectivity index (χ4v) is 4.05. The summed E-state index contributed by atoms with van der Waals surface area (Å²) in [5.74, 6) is 0.220. The van der Waals surface area contributed by atoms with Crippen LogP contribution in [0, 0.1) is 0 Å². The highest BCUT2D eigenvalue weighted by Crippen LogP contribution is 2.18. The molecule has 6 nitrogen and oxygen atoms in total. The van der Waals surface area contributed by atoms with Crippen molar-refractivity contribution in [2.45, 2.75) is 63.6 Å². The number of aryl methyl sites for hydroxylation is 1. The topological polar surface area (TPSA) is 84.5 Å². The van der Waals surface area contributed by atoms with E-state index < -0.39 is 16.1 Å². The summed E-state index contributed by atoms with van der Waals surface area (Å²) in [6.07, 6.45) is 0.830. The molecular weight excluding hydrogens is 388 g/mol. The van der Waals surface area contributed by atoms with E-state index in [4.69, 9.17) is 4.74 Å². The number of benzene rings is 2. The van der Waals surface area contributed by atoms with Crippen molar-refractivity contribution in [2.75, 3.05) is 0 Å². The average molecular weight is 419 g/mol. The van der Waals surface area contributed by atoms with Crippen LogP contribution in [0.25, 0.3) is 0 Å². The Morgan fingerprint density at radius 1 is 0.966 bits per heavy atom. The molecule has 158 valence electrons. The Hall–Kier alpha value is -2.38. The number of ether oxygens (including phenoxy) is 1. The molecule has 7 heteroatoms. The van der Waals surface area contributed by atoms with Gasteiger partial charge in [-0.3, -0.25) is 4.79 Å². The van der Waals surface area contributed by atoms with Gasteiger partial charge in [0.1, 0.15) is 5.75 Å². The molecular formula is C22H30N2O4S. The first-order valence-electron chi connectivity index (χ1n) is 9.80. The van der Waals surface area contributed by atoms with Crippen molar-refractivity contribution in [1.82, 2.24) is 10.0 Å². The zero-order chi connectivity index (χ0) is 21.4. The number of nitrogens with one attached hydrogen (secondary N) is 2. The van der Waals surface area contributed by atoms with Crippen molar-refractivity contribution in [3.8, 4) is 5.75 Å². The van der Waals surface area contributed by atoms with Crippen molar-refractivity contribution in [2.24, 2.45) is 0 Å². The largest absolute Gasteiger partial charge is 0.481 e. The van der Waals surface area contributed by atoms with Crippen LogP contribution in [0.5, 0.6) is 5.75 Å². The molecule has 0 fully saturated rings. The lowest BCUT2D eigenvalue weighted by Crippen LogP contribution is -2.40. The third-order valence-corrected chi connectivity index (χ3v) is 5.92. The third-order valence-electron chi connectivity index (χ3n) is 4.31. The van der Waals surface area contributed by atoms with Gasteiger partial charge in [0.25, 0.3) is 5.91 Å². The van der Waals surface area contributed by atoms with E-state index in [1.165, 1.54) is 17.7 Å². The van der Waals surface area contributed by atoms with E-state index in [1.807, 2.05) is 51.1 Å². The predicted octanol–water partition coefficient (Wildman–Crippen LogP) is 3.28. The summed E-state index contributed by atoms with van der Waals surface area (Å²) >= 11 is 0. The van der Waals surface area contributed by atoms with Crippen LogP contribution < -0.4 is 14.8 Å². The molecule has 2 rings (SSSR count). The summed E-state index contributed by atoms with van der Waals surface area (Å²) in [5.41, 5.74) is 1.18. The van der Waals surface area contributed by atoms with Crippen molar-refractivity contribution in [3.05, 3.63) is 60.2 Å². The quantitative estimate of drug-likeness (QED) is 0.620. The van der Waals surface area contributed by atoms with Crippen molar-refractivity contribution >= 4 is 15.9 Å².